The van der Waals surface area contributed by atoms with Gasteiger partial charge in [-0.15, -0.1) is 0 Å². The number of aryl methyl sites for hydroxylation is 1. The minimum Gasteiger partial charge on any atom is -0.370 e. The van der Waals surface area contributed by atoms with Gasteiger partial charge >= 0.3 is 0 Å². The molecular formula is C9H8Cl2N4O. The number of aromatic nitrogens is 3. The number of amides is 1. The normalized spacial score (nSPS) is 10.9. The third-order valence-electron chi connectivity index (χ3n) is 2.14. The maximum Gasteiger partial charge on any atom is 0.224 e. The number of carbonyl (C=O) groups is 1. The maximum absolute atomic E-state index is 10.7. The van der Waals surface area contributed by atoms with Gasteiger partial charge < -0.3 is 10.3 Å². The minimum absolute atomic E-state index is 0.141. The molecule has 0 aliphatic carbocycles. The molecule has 0 saturated heterocycles. The SMILES string of the molecule is NC(=O)CCn1cc(Cl)c2cnc(Cl)nc21. The summed E-state index contributed by atoms with van der Waals surface area (Å²) in [5.74, 6) is -0.377. The summed E-state index contributed by atoms with van der Waals surface area (Å²) in [7, 11) is 0. The van der Waals surface area contributed by atoms with Crippen molar-refractivity contribution in [2.45, 2.75) is 13.0 Å². The fraction of sp³-hybridized carbons (Fsp3) is 0.222. The highest BCUT2D eigenvalue weighted by Gasteiger charge is 2.10. The Kier molecular flexibility index (Phi) is 2.98. The van der Waals surface area contributed by atoms with Gasteiger partial charge in [0.25, 0.3) is 0 Å². The number of halogens is 2. The zero-order chi connectivity index (χ0) is 11.7. The highest BCUT2D eigenvalue weighted by Crippen LogP contribution is 2.24. The second-order valence-corrected chi connectivity index (χ2v) is 4.01. The first-order chi connectivity index (χ1) is 7.58. The Morgan fingerprint density at radius 1 is 1.50 bits per heavy atom. The van der Waals surface area contributed by atoms with Gasteiger partial charge in [0, 0.05) is 25.4 Å². The Morgan fingerprint density at radius 3 is 2.94 bits per heavy atom. The van der Waals surface area contributed by atoms with Gasteiger partial charge in [0.15, 0.2) is 0 Å². The van der Waals surface area contributed by atoms with Crippen molar-refractivity contribution in [3.05, 3.63) is 22.7 Å². The molecule has 0 radical (unpaired) electrons. The van der Waals surface area contributed by atoms with Crippen molar-refractivity contribution in [3.8, 4) is 0 Å². The van der Waals surface area contributed by atoms with Crippen LogP contribution in [0.1, 0.15) is 6.42 Å². The van der Waals surface area contributed by atoms with Crippen LogP contribution in [0.2, 0.25) is 10.3 Å². The fourth-order valence-corrected chi connectivity index (χ4v) is 1.79. The van der Waals surface area contributed by atoms with Gasteiger partial charge in [0.2, 0.25) is 11.2 Å². The standard InChI is InChI=1S/C9H8Cl2N4O/c10-6-4-15(2-1-7(12)16)8-5(6)3-13-9(11)14-8/h3-4H,1-2H2,(H2,12,16). The molecule has 0 spiro atoms. The van der Waals surface area contributed by atoms with Crippen LogP contribution < -0.4 is 5.73 Å². The maximum atomic E-state index is 10.7. The van der Waals surface area contributed by atoms with Crippen molar-refractivity contribution < 1.29 is 4.79 Å². The Labute approximate surface area is 101 Å². The van der Waals surface area contributed by atoms with Gasteiger partial charge in [-0.2, -0.15) is 4.98 Å². The van der Waals surface area contributed by atoms with Crippen LogP contribution in [0.5, 0.6) is 0 Å². The predicted octanol–water partition coefficient (Wildman–Crippen LogP) is 1.61. The van der Waals surface area contributed by atoms with Gasteiger partial charge in [-0.25, -0.2) is 4.98 Å². The number of nitrogens with zero attached hydrogens (tertiary/aromatic N) is 3. The quantitative estimate of drug-likeness (QED) is 0.851. The number of hydrogen-bond acceptors (Lipinski definition) is 3. The highest BCUT2D eigenvalue weighted by molar-refractivity contribution is 6.35. The molecule has 2 N–H and O–H groups in total. The molecule has 2 heterocycles. The van der Waals surface area contributed by atoms with Crippen molar-refractivity contribution in [1.29, 1.82) is 0 Å². The van der Waals surface area contributed by atoms with E-state index >= 15 is 0 Å². The summed E-state index contributed by atoms with van der Waals surface area (Å²) in [6.45, 7) is 0.423. The van der Waals surface area contributed by atoms with E-state index in [1.54, 1.807) is 17.0 Å². The molecule has 0 bridgehead atoms. The van der Waals surface area contributed by atoms with Crippen molar-refractivity contribution in [2.75, 3.05) is 0 Å². The number of nitrogens with two attached hydrogens (primary N) is 1. The molecule has 0 aliphatic rings. The molecule has 0 fully saturated rings. The topological polar surface area (TPSA) is 73.8 Å². The Balaban J connectivity index is 2.44. The van der Waals surface area contributed by atoms with E-state index in [-0.39, 0.29) is 17.6 Å². The zero-order valence-corrected chi connectivity index (χ0v) is 9.66. The van der Waals surface area contributed by atoms with Gasteiger partial charge in [-0.3, -0.25) is 4.79 Å². The molecule has 0 unspecified atom stereocenters. The smallest absolute Gasteiger partial charge is 0.224 e. The first-order valence-corrected chi connectivity index (χ1v) is 5.28. The average molecular weight is 259 g/mol. The predicted molar refractivity (Wildman–Crippen MR) is 61.4 cm³/mol. The lowest BCUT2D eigenvalue weighted by molar-refractivity contribution is -0.118. The molecule has 84 valence electrons. The first-order valence-electron chi connectivity index (χ1n) is 4.53. The molecule has 5 nitrogen and oxygen atoms in total. The number of rotatable bonds is 3. The van der Waals surface area contributed by atoms with Gasteiger partial charge in [-0.05, 0) is 11.6 Å². The van der Waals surface area contributed by atoms with Crippen LogP contribution in [0, 0.1) is 0 Å². The number of hydrogen-bond donors (Lipinski definition) is 1. The molecule has 1 amide bonds. The van der Waals surface area contributed by atoms with Crippen LogP contribution >= 0.6 is 23.2 Å². The molecule has 0 aliphatic heterocycles. The van der Waals surface area contributed by atoms with Crippen LogP contribution in [-0.2, 0) is 11.3 Å². The van der Waals surface area contributed by atoms with E-state index in [1.807, 2.05) is 0 Å². The summed E-state index contributed by atoms with van der Waals surface area (Å²) in [5, 5.41) is 1.37. The van der Waals surface area contributed by atoms with Gasteiger partial charge in [0.1, 0.15) is 5.65 Å². The molecule has 2 aromatic rings. The van der Waals surface area contributed by atoms with Crippen LogP contribution in [0.3, 0.4) is 0 Å². The average Bonchev–Trinajstić information content (AvgIpc) is 2.52. The lowest BCUT2D eigenvalue weighted by Gasteiger charge is -2.01. The molecule has 0 atom stereocenters. The van der Waals surface area contributed by atoms with Crippen LogP contribution in [0.4, 0.5) is 0 Å². The zero-order valence-electron chi connectivity index (χ0n) is 8.15. The van der Waals surface area contributed by atoms with E-state index in [1.165, 1.54) is 0 Å². The fourth-order valence-electron chi connectivity index (χ4n) is 1.41. The lowest BCUT2D eigenvalue weighted by Crippen LogP contribution is -2.13. The van der Waals surface area contributed by atoms with E-state index in [0.717, 1.165) is 0 Å². The Morgan fingerprint density at radius 2 is 2.25 bits per heavy atom. The van der Waals surface area contributed by atoms with Gasteiger partial charge in [-0.1, -0.05) is 11.6 Å². The van der Waals surface area contributed by atoms with Crippen molar-refractivity contribution >= 4 is 40.1 Å². The minimum atomic E-state index is -0.377. The van der Waals surface area contributed by atoms with Crippen LogP contribution in [0.15, 0.2) is 12.4 Å². The molecule has 0 saturated carbocycles. The molecule has 16 heavy (non-hydrogen) atoms. The first kappa shape index (κ1) is 11.2. The number of carbonyl (C=O) groups excluding carboxylic acids is 1. The number of primary amides is 1. The summed E-state index contributed by atoms with van der Waals surface area (Å²) in [4.78, 5) is 18.6. The van der Waals surface area contributed by atoms with E-state index < -0.39 is 0 Å². The van der Waals surface area contributed by atoms with E-state index in [4.69, 9.17) is 28.9 Å². The highest BCUT2D eigenvalue weighted by atomic mass is 35.5. The van der Waals surface area contributed by atoms with E-state index in [0.29, 0.717) is 22.6 Å². The van der Waals surface area contributed by atoms with Crippen LogP contribution in [0.25, 0.3) is 11.0 Å². The third kappa shape index (κ3) is 2.10. The summed E-state index contributed by atoms with van der Waals surface area (Å²) >= 11 is 11.7. The van der Waals surface area contributed by atoms with E-state index in [2.05, 4.69) is 9.97 Å². The van der Waals surface area contributed by atoms with Crippen molar-refractivity contribution in [3.63, 3.8) is 0 Å². The largest absolute Gasteiger partial charge is 0.370 e. The summed E-state index contributed by atoms with van der Waals surface area (Å²) in [6, 6.07) is 0. The molecule has 7 heteroatoms. The second-order valence-electron chi connectivity index (χ2n) is 3.26. The third-order valence-corrected chi connectivity index (χ3v) is 2.62. The number of fused-ring (bicyclic) bond motifs is 1. The van der Waals surface area contributed by atoms with Crippen molar-refractivity contribution in [1.82, 2.24) is 14.5 Å². The molecule has 0 aromatic carbocycles. The lowest BCUT2D eigenvalue weighted by atomic mass is 10.4. The summed E-state index contributed by atoms with van der Waals surface area (Å²) in [6.07, 6.45) is 3.45. The Bertz CT molecular complexity index is 552. The van der Waals surface area contributed by atoms with E-state index in [9.17, 15) is 4.79 Å². The molecular weight excluding hydrogens is 251 g/mol. The Hall–Kier alpha value is -1.33. The molecule has 2 aromatic heterocycles. The second kappa shape index (κ2) is 4.27. The van der Waals surface area contributed by atoms with Crippen LogP contribution in [-0.4, -0.2) is 20.4 Å². The van der Waals surface area contributed by atoms with Crippen molar-refractivity contribution in [2.24, 2.45) is 5.73 Å². The summed E-state index contributed by atoms with van der Waals surface area (Å²) in [5.41, 5.74) is 5.68. The molecule has 2 rings (SSSR count). The monoisotopic (exact) mass is 258 g/mol. The summed E-state index contributed by atoms with van der Waals surface area (Å²) < 4.78 is 1.73. The van der Waals surface area contributed by atoms with Gasteiger partial charge in [0.05, 0.1) is 10.4 Å².